The van der Waals surface area contributed by atoms with Gasteiger partial charge in [-0.05, 0) is 38.0 Å². The van der Waals surface area contributed by atoms with Crippen LogP contribution in [0.2, 0.25) is 0 Å². The van der Waals surface area contributed by atoms with Crippen molar-refractivity contribution in [2.24, 2.45) is 4.99 Å². The summed E-state index contributed by atoms with van der Waals surface area (Å²) in [5.74, 6) is 1.71. The lowest BCUT2D eigenvalue weighted by atomic mass is 10.2. The van der Waals surface area contributed by atoms with Crippen molar-refractivity contribution in [3.63, 3.8) is 0 Å². The van der Waals surface area contributed by atoms with Crippen LogP contribution in [0.5, 0.6) is 5.75 Å². The number of benzene rings is 1. The van der Waals surface area contributed by atoms with Gasteiger partial charge in [0.1, 0.15) is 11.9 Å². The van der Waals surface area contributed by atoms with Crippen LogP contribution < -0.4 is 15.4 Å². The molecule has 0 amide bonds. The standard InChI is InChI=1S/C18H27N5O.HI/c1-15-8-4-5-9-17(15)24-16(2)14-21-18(19-3)20-10-6-12-23-13-7-11-22-23;/h4-5,7-9,11,13,16H,6,10,12,14H2,1-3H3,(H2,19,20,21);1H. The summed E-state index contributed by atoms with van der Waals surface area (Å²) in [6, 6.07) is 9.98. The summed E-state index contributed by atoms with van der Waals surface area (Å²) < 4.78 is 7.88. The van der Waals surface area contributed by atoms with Gasteiger partial charge in [0.15, 0.2) is 5.96 Å². The highest BCUT2D eigenvalue weighted by Crippen LogP contribution is 2.17. The number of guanidine groups is 1. The summed E-state index contributed by atoms with van der Waals surface area (Å²) in [5.41, 5.74) is 1.14. The number of aromatic nitrogens is 2. The van der Waals surface area contributed by atoms with E-state index in [9.17, 15) is 0 Å². The van der Waals surface area contributed by atoms with E-state index >= 15 is 0 Å². The highest BCUT2D eigenvalue weighted by atomic mass is 127. The zero-order chi connectivity index (χ0) is 17.2. The van der Waals surface area contributed by atoms with Crippen LogP contribution in [0.4, 0.5) is 0 Å². The number of halogens is 1. The largest absolute Gasteiger partial charge is 0.489 e. The fraction of sp³-hybridized carbons (Fsp3) is 0.444. The Labute approximate surface area is 167 Å². The summed E-state index contributed by atoms with van der Waals surface area (Å²) in [6.07, 6.45) is 4.80. The molecule has 7 heteroatoms. The van der Waals surface area contributed by atoms with Crippen molar-refractivity contribution in [1.29, 1.82) is 0 Å². The van der Waals surface area contributed by atoms with Gasteiger partial charge in [-0.25, -0.2) is 0 Å². The molecule has 1 unspecified atom stereocenters. The molecule has 0 spiro atoms. The van der Waals surface area contributed by atoms with Crippen LogP contribution in [-0.2, 0) is 6.54 Å². The first kappa shape index (κ1) is 21.3. The predicted molar refractivity (Wildman–Crippen MR) is 113 cm³/mol. The van der Waals surface area contributed by atoms with Crippen LogP contribution >= 0.6 is 24.0 Å². The number of aryl methyl sites for hydroxylation is 2. The summed E-state index contributed by atoms with van der Waals surface area (Å²) in [6.45, 7) is 6.52. The van der Waals surface area contributed by atoms with Gasteiger partial charge in [-0.3, -0.25) is 9.67 Å². The van der Waals surface area contributed by atoms with E-state index in [4.69, 9.17) is 4.74 Å². The van der Waals surface area contributed by atoms with E-state index in [1.54, 1.807) is 13.2 Å². The Kier molecular flexibility index (Phi) is 9.98. The van der Waals surface area contributed by atoms with Crippen molar-refractivity contribution < 1.29 is 4.74 Å². The zero-order valence-electron chi connectivity index (χ0n) is 15.1. The van der Waals surface area contributed by atoms with Crippen molar-refractivity contribution >= 4 is 29.9 Å². The Morgan fingerprint density at radius 3 is 2.76 bits per heavy atom. The number of aliphatic imine (C=N–C) groups is 1. The second-order valence-corrected chi connectivity index (χ2v) is 5.70. The van der Waals surface area contributed by atoms with Crippen LogP contribution in [0.15, 0.2) is 47.7 Å². The lowest BCUT2D eigenvalue weighted by Crippen LogP contribution is -2.42. The van der Waals surface area contributed by atoms with Crippen LogP contribution in [-0.4, -0.2) is 42.0 Å². The lowest BCUT2D eigenvalue weighted by Gasteiger charge is -2.18. The van der Waals surface area contributed by atoms with E-state index in [2.05, 4.69) is 33.7 Å². The second kappa shape index (κ2) is 11.7. The highest BCUT2D eigenvalue weighted by molar-refractivity contribution is 14.0. The Morgan fingerprint density at radius 1 is 1.28 bits per heavy atom. The van der Waals surface area contributed by atoms with E-state index in [-0.39, 0.29) is 30.1 Å². The smallest absolute Gasteiger partial charge is 0.191 e. The predicted octanol–water partition coefficient (Wildman–Crippen LogP) is 2.83. The van der Waals surface area contributed by atoms with Gasteiger partial charge in [-0.15, -0.1) is 24.0 Å². The molecule has 138 valence electrons. The van der Waals surface area contributed by atoms with Crippen molar-refractivity contribution in [1.82, 2.24) is 20.4 Å². The maximum Gasteiger partial charge on any atom is 0.191 e. The molecule has 1 aromatic carbocycles. The molecule has 0 fully saturated rings. The van der Waals surface area contributed by atoms with E-state index < -0.39 is 0 Å². The van der Waals surface area contributed by atoms with Crippen molar-refractivity contribution in [2.75, 3.05) is 20.1 Å². The molecule has 0 saturated heterocycles. The molecule has 0 bridgehead atoms. The third kappa shape index (κ3) is 7.76. The normalized spacial score (nSPS) is 12.2. The number of hydrogen-bond donors (Lipinski definition) is 2. The molecule has 0 saturated carbocycles. The third-order valence-corrected chi connectivity index (χ3v) is 3.62. The first-order chi connectivity index (χ1) is 11.7. The maximum atomic E-state index is 5.96. The second-order valence-electron chi connectivity index (χ2n) is 5.70. The topological polar surface area (TPSA) is 63.5 Å². The molecular weight excluding hydrogens is 429 g/mol. The molecule has 0 radical (unpaired) electrons. The SMILES string of the molecule is CN=C(NCCCn1cccn1)NCC(C)Oc1ccccc1C.I. The molecule has 6 nitrogen and oxygen atoms in total. The number of para-hydroxylation sites is 1. The Hall–Kier alpha value is -1.77. The van der Waals surface area contributed by atoms with E-state index in [1.165, 1.54) is 0 Å². The Morgan fingerprint density at radius 2 is 2.08 bits per heavy atom. The average Bonchev–Trinajstić information content (AvgIpc) is 3.10. The van der Waals surface area contributed by atoms with E-state index in [1.807, 2.05) is 42.1 Å². The minimum atomic E-state index is 0. The monoisotopic (exact) mass is 457 g/mol. The molecule has 2 rings (SSSR count). The molecule has 0 aliphatic rings. The first-order valence-corrected chi connectivity index (χ1v) is 8.33. The molecule has 0 aliphatic heterocycles. The molecule has 0 aliphatic carbocycles. The van der Waals surface area contributed by atoms with Crippen molar-refractivity contribution in [3.05, 3.63) is 48.3 Å². The van der Waals surface area contributed by atoms with Gasteiger partial charge < -0.3 is 15.4 Å². The fourth-order valence-electron chi connectivity index (χ4n) is 2.29. The summed E-state index contributed by atoms with van der Waals surface area (Å²) in [4.78, 5) is 4.24. The number of nitrogens with one attached hydrogen (secondary N) is 2. The molecular formula is C18H28IN5O. The van der Waals surface area contributed by atoms with Gasteiger partial charge in [0.05, 0.1) is 6.54 Å². The molecule has 2 N–H and O–H groups in total. The Balaban J connectivity index is 0.00000312. The van der Waals surface area contributed by atoms with Gasteiger partial charge in [-0.1, -0.05) is 18.2 Å². The van der Waals surface area contributed by atoms with Crippen molar-refractivity contribution in [3.8, 4) is 5.75 Å². The summed E-state index contributed by atoms with van der Waals surface area (Å²) in [5, 5.41) is 10.8. The summed E-state index contributed by atoms with van der Waals surface area (Å²) >= 11 is 0. The van der Waals surface area contributed by atoms with Crippen LogP contribution in [0.1, 0.15) is 18.9 Å². The average molecular weight is 457 g/mol. The lowest BCUT2D eigenvalue weighted by molar-refractivity contribution is 0.222. The fourth-order valence-corrected chi connectivity index (χ4v) is 2.29. The number of nitrogens with zero attached hydrogens (tertiary/aromatic N) is 3. The van der Waals surface area contributed by atoms with Crippen LogP contribution in [0, 0.1) is 6.92 Å². The van der Waals surface area contributed by atoms with Crippen molar-refractivity contribution in [2.45, 2.75) is 32.9 Å². The minimum absolute atomic E-state index is 0. The molecule has 1 aromatic heterocycles. The van der Waals surface area contributed by atoms with Gasteiger partial charge in [0.25, 0.3) is 0 Å². The number of ether oxygens (including phenoxy) is 1. The minimum Gasteiger partial charge on any atom is -0.489 e. The molecule has 1 atom stereocenters. The van der Waals surface area contributed by atoms with Gasteiger partial charge in [-0.2, -0.15) is 5.10 Å². The maximum absolute atomic E-state index is 5.96. The Bertz CT molecular complexity index is 630. The zero-order valence-corrected chi connectivity index (χ0v) is 17.4. The van der Waals surface area contributed by atoms with Crippen LogP contribution in [0.25, 0.3) is 0 Å². The van der Waals surface area contributed by atoms with E-state index in [0.717, 1.165) is 36.8 Å². The first-order valence-electron chi connectivity index (χ1n) is 8.33. The molecule has 2 aromatic rings. The van der Waals surface area contributed by atoms with Gasteiger partial charge in [0.2, 0.25) is 0 Å². The quantitative estimate of drug-likeness (QED) is 0.277. The van der Waals surface area contributed by atoms with E-state index in [0.29, 0.717) is 6.54 Å². The van der Waals surface area contributed by atoms with Crippen LogP contribution in [0.3, 0.4) is 0 Å². The molecule has 1 heterocycles. The highest BCUT2D eigenvalue weighted by Gasteiger charge is 2.07. The number of rotatable bonds is 8. The third-order valence-electron chi connectivity index (χ3n) is 3.62. The summed E-state index contributed by atoms with van der Waals surface area (Å²) in [7, 11) is 1.77. The molecule has 25 heavy (non-hydrogen) atoms. The van der Waals surface area contributed by atoms with Gasteiger partial charge >= 0.3 is 0 Å². The number of hydrogen-bond acceptors (Lipinski definition) is 3. The van der Waals surface area contributed by atoms with Gasteiger partial charge in [0, 0.05) is 32.5 Å².